The van der Waals surface area contributed by atoms with E-state index < -0.39 is 6.10 Å². The van der Waals surface area contributed by atoms with E-state index in [9.17, 15) is 4.79 Å². The zero-order chi connectivity index (χ0) is 10.8. The SMILES string of the molecule is O=C1Nc2cc(Cl)ccc2O[C@H]1CCO. The van der Waals surface area contributed by atoms with Crippen LogP contribution in [0.3, 0.4) is 0 Å². The molecule has 15 heavy (non-hydrogen) atoms. The number of aliphatic hydroxyl groups is 1. The molecule has 4 nitrogen and oxygen atoms in total. The highest BCUT2D eigenvalue weighted by atomic mass is 35.5. The third-order valence-electron chi connectivity index (χ3n) is 2.15. The van der Waals surface area contributed by atoms with E-state index in [1.165, 1.54) is 0 Å². The molecule has 1 aromatic carbocycles. The van der Waals surface area contributed by atoms with E-state index >= 15 is 0 Å². The molecule has 1 aliphatic rings. The van der Waals surface area contributed by atoms with Gasteiger partial charge >= 0.3 is 0 Å². The molecule has 2 N–H and O–H groups in total. The Morgan fingerprint density at radius 2 is 2.33 bits per heavy atom. The Labute approximate surface area is 91.8 Å². The molecular formula is C10H10ClNO3. The molecule has 0 unspecified atom stereocenters. The number of amides is 1. The second kappa shape index (κ2) is 4.08. The van der Waals surface area contributed by atoms with Gasteiger partial charge < -0.3 is 15.2 Å². The van der Waals surface area contributed by atoms with E-state index in [-0.39, 0.29) is 18.9 Å². The maximum atomic E-state index is 11.5. The Bertz CT molecular complexity index is 394. The first-order valence-corrected chi connectivity index (χ1v) is 4.96. The number of fused-ring (bicyclic) bond motifs is 1. The molecule has 0 bridgehead atoms. The molecule has 1 amide bonds. The van der Waals surface area contributed by atoms with Crippen LogP contribution in [0.5, 0.6) is 5.75 Å². The molecule has 5 heteroatoms. The average Bonchev–Trinajstić information content (AvgIpc) is 2.20. The van der Waals surface area contributed by atoms with E-state index in [1.54, 1.807) is 18.2 Å². The normalized spacial score (nSPS) is 19.1. The summed E-state index contributed by atoms with van der Waals surface area (Å²) in [5, 5.41) is 12.0. The lowest BCUT2D eigenvalue weighted by molar-refractivity contribution is -0.124. The number of anilines is 1. The maximum absolute atomic E-state index is 11.5. The van der Waals surface area contributed by atoms with Crippen LogP contribution in [-0.4, -0.2) is 23.7 Å². The summed E-state index contributed by atoms with van der Waals surface area (Å²) < 4.78 is 5.41. The molecule has 0 aliphatic carbocycles. The van der Waals surface area contributed by atoms with Crippen LogP contribution in [0.15, 0.2) is 18.2 Å². The Kier molecular flexibility index (Phi) is 2.79. The lowest BCUT2D eigenvalue weighted by atomic mass is 10.2. The average molecular weight is 228 g/mol. The van der Waals surface area contributed by atoms with Crippen molar-refractivity contribution in [2.24, 2.45) is 0 Å². The molecule has 0 saturated heterocycles. The molecule has 0 radical (unpaired) electrons. The van der Waals surface area contributed by atoms with Crippen molar-refractivity contribution in [3.8, 4) is 5.75 Å². The van der Waals surface area contributed by atoms with Gasteiger partial charge in [-0.1, -0.05) is 11.6 Å². The van der Waals surface area contributed by atoms with Crippen molar-refractivity contribution in [3.05, 3.63) is 23.2 Å². The fourth-order valence-electron chi connectivity index (χ4n) is 1.43. The summed E-state index contributed by atoms with van der Waals surface area (Å²) >= 11 is 5.78. The first-order valence-electron chi connectivity index (χ1n) is 4.58. The summed E-state index contributed by atoms with van der Waals surface area (Å²) in [5.41, 5.74) is 0.571. The van der Waals surface area contributed by atoms with Crippen LogP contribution in [0.4, 0.5) is 5.69 Å². The molecule has 0 fully saturated rings. The van der Waals surface area contributed by atoms with Crippen LogP contribution in [0, 0.1) is 0 Å². The molecule has 0 aromatic heterocycles. The van der Waals surface area contributed by atoms with E-state index in [1.807, 2.05) is 0 Å². The van der Waals surface area contributed by atoms with Gasteiger partial charge in [0.2, 0.25) is 0 Å². The molecule has 1 atom stereocenters. The largest absolute Gasteiger partial charge is 0.478 e. The Morgan fingerprint density at radius 1 is 1.53 bits per heavy atom. The van der Waals surface area contributed by atoms with Gasteiger partial charge in [0.1, 0.15) is 5.75 Å². The van der Waals surface area contributed by atoms with Crippen LogP contribution in [0.25, 0.3) is 0 Å². The third kappa shape index (κ3) is 2.06. The molecular weight excluding hydrogens is 218 g/mol. The Morgan fingerprint density at radius 3 is 3.07 bits per heavy atom. The quantitative estimate of drug-likeness (QED) is 0.804. The standard InChI is InChI=1S/C10H10ClNO3/c11-6-1-2-8-7(5-6)12-10(14)9(15-8)3-4-13/h1-2,5,9,13H,3-4H2,(H,12,14)/t9-/m0/s1. The number of nitrogens with one attached hydrogen (secondary N) is 1. The minimum atomic E-state index is -0.622. The number of carbonyl (C=O) groups is 1. The highest BCUT2D eigenvalue weighted by Gasteiger charge is 2.26. The van der Waals surface area contributed by atoms with Crippen molar-refractivity contribution in [1.29, 1.82) is 0 Å². The first-order chi connectivity index (χ1) is 7.20. The molecule has 80 valence electrons. The highest BCUT2D eigenvalue weighted by Crippen LogP contribution is 2.32. The maximum Gasteiger partial charge on any atom is 0.265 e. The fourth-order valence-corrected chi connectivity index (χ4v) is 1.60. The smallest absolute Gasteiger partial charge is 0.265 e. The minimum Gasteiger partial charge on any atom is -0.478 e. The van der Waals surface area contributed by atoms with Gasteiger partial charge in [0.25, 0.3) is 5.91 Å². The summed E-state index contributed by atoms with van der Waals surface area (Å²) in [5.74, 6) is 0.330. The van der Waals surface area contributed by atoms with Crippen LogP contribution in [0.2, 0.25) is 5.02 Å². The Balaban J connectivity index is 2.26. The number of carbonyl (C=O) groups excluding carboxylic acids is 1. The zero-order valence-corrected chi connectivity index (χ0v) is 8.62. The minimum absolute atomic E-state index is 0.0823. The van der Waals surface area contributed by atoms with E-state index in [0.717, 1.165) is 0 Å². The summed E-state index contributed by atoms with van der Waals surface area (Å²) in [6, 6.07) is 5.01. The zero-order valence-electron chi connectivity index (χ0n) is 7.87. The Hall–Kier alpha value is -1.26. The summed E-state index contributed by atoms with van der Waals surface area (Å²) in [4.78, 5) is 11.5. The molecule has 1 aliphatic heterocycles. The van der Waals surface area contributed by atoms with Gasteiger partial charge in [-0.2, -0.15) is 0 Å². The van der Waals surface area contributed by atoms with Crippen molar-refractivity contribution >= 4 is 23.2 Å². The number of hydrogen-bond acceptors (Lipinski definition) is 3. The van der Waals surface area contributed by atoms with Crippen molar-refractivity contribution in [1.82, 2.24) is 0 Å². The second-order valence-corrected chi connectivity index (χ2v) is 3.68. The fraction of sp³-hybridized carbons (Fsp3) is 0.300. The summed E-state index contributed by atoms with van der Waals surface area (Å²) in [6.07, 6.45) is -0.336. The van der Waals surface area contributed by atoms with E-state index in [2.05, 4.69) is 5.32 Å². The number of rotatable bonds is 2. The highest BCUT2D eigenvalue weighted by molar-refractivity contribution is 6.31. The van der Waals surface area contributed by atoms with Gasteiger partial charge in [0.05, 0.1) is 5.69 Å². The molecule has 1 aromatic rings. The number of hydrogen-bond donors (Lipinski definition) is 2. The van der Waals surface area contributed by atoms with Crippen LogP contribution in [-0.2, 0) is 4.79 Å². The lowest BCUT2D eigenvalue weighted by Crippen LogP contribution is -2.37. The lowest BCUT2D eigenvalue weighted by Gasteiger charge is -2.25. The van der Waals surface area contributed by atoms with Crippen molar-refractivity contribution in [3.63, 3.8) is 0 Å². The first kappa shape index (κ1) is 10.3. The van der Waals surface area contributed by atoms with Crippen molar-refractivity contribution in [2.45, 2.75) is 12.5 Å². The summed E-state index contributed by atoms with van der Waals surface area (Å²) in [6.45, 7) is -0.0823. The van der Waals surface area contributed by atoms with Gasteiger partial charge in [-0.3, -0.25) is 4.79 Å². The summed E-state index contributed by atoms with van der Waals surface area (Å²) in [7, 11) is 0. The van der Waals surface area contributed by atoms with E-state index in [4.69, 9.17) is 21.4 Å². The topological polar surface area (TPSA) is 58.6 Å². The predicted molar refractivity (Wildman–Crippen MR) is 56.2 cm³/mol. The van der Waals surface area contributed by atoms with Gasteiger partial charge in [-0.05, 0) is 18.2 Å². The number of ether oxygens (including phenoxy) is 1. The number of aliphatic hydroxyl groups excluding tert-OH is 1. The van der Waals surface area contributed by atoms with Crippen LogP contribution in [0.1, 0.15) is 6.42 Å². The van der Waals surface area contributed by atoms with Gasteiger partial charge in [-0.15, -0.1) is 0 Å². The van der Waals surface area contributed by atoms with Crippen LogP contribution < -0.4 is 10.1 Å². The molecule has 0 saturated carbocycles. The number of halogens is 1. The third-order valence-corrected chi connectivity index (χ3v) is 2.39. The van der Waals surface area contributed by atoms with Crippen LogP contribution >= 0.6 is 11.6 Å². The van der Waals surface area contributed by atoms with Gasteiger partial charge in [-0.25, -0.2) is 0 Å². The monoisotopic (exact) mass is 227 g/mol. The molecule has 1 heterocycles. The number of benzene rings is 1. The van der Waals surface area contributed by atoms with Gasteiger partial charge in [0.15, 0.2) is 6.10 Å². The van der Waals surface area contributed by atoms with Gasteiger partial charge in [0, 0.05) is 18.1 Å². The predicted octanol–water partition coefficient (Wildman–Crippen LogP) is 1.42. The molecule has 2 rings (SSSR count). The molecule has 0 spiro atoms. The van der Waals surface area contributed by atoms with Crippen molar-refractivity contribution < 1.29 is 14.6 Å². The van der Waals surface area contributed by atoms with E-state index in [0.29, 0.717) is 16.5 Å². The second-order valence-electron chi connectivity index (χ2n) is 3.25. The van der Waals surface area contributed by atoms with Crippen molar-refractivity contribution in [2.75, 3.05) is 11.9 Å².